The minimum absolute atomic E-state index is 0.497. The number of aromatic nitrogens is 1. The Balaban J connectivity index is 1.88. The summed E-state index contributed by atoms with van der Waals surface area (Å²) in [5, 5.41) is 3.16. The second-order valence-corrected chi connectivity index (χ2v) is 5.12. The molecule has 1 N–H and O–H groups in total. The fraction of sp³-hybridized carbons (Fsp3) is 0.786. The molecule has 0 amide bonds. The summed E-state index contributed by atoms with van der Waals surface area (Å²) in [6.07, 6.45) is 6.45. The van der Waals surface area contributed by atoms with Crippen LogP contribution in [0.15, 0.2) is 10.7 Å². The van der Waals surface area contributed by atoms with E-state index in [1.54, 1.807) is 0 Å². The molecule has 2 heterocycles. The highest BCUT2D eigenvalue weighted by Gasteiger charge is 2.24. The molecule has 0 radical (unpaired) electrons. The molecule has 1 aliphatic heterocycles. The molecule has 4 nitrogen and oxygen atoms in total. The van der Waals surface area contributed by atoms with Crippen molar-refractivity contribution in [2.24, 2.45) is 0 Å². The molecule has 0 bridgehead atoms. The zero-order chi connectivity index (χ0) is 12.8. The van der Waals surface area contributed by atoms with Crippen molar-refractivity contribution in [1.29, 1.82) is 0 Å². The summed E-state index contributed by atoms with van der Waals surface area (Å²) in [6, 6.07) is 0. The van der Waals surface area contributed by atoms with E-state index in [1.807, 2.05) is 13.3 Å². The highest BCUT2D eigenvalue weighted by Crippen LogP contribution is 2.26. The van der Waals surface area contributed by atoms with Gasteiger partial charge < -0.3 is 14.6 Å². The third-order valence-corrected chi connectivity index (χ3v) is 3.73. The number of nitrogens with one attached hydrogen (secondary N) is 1. The molecule has 1 aromatic heterocycles. The highest BCUT2D eigenvalue weighted by atomic mass is 16.3. The Morgan fingerprint density at radius 3 is 3.22 bits per heavy atom. The molecule has 0 aliphatic carbocycles. The number of nitrogens with zero attached hydrogens (tertiary/aromatic N) is 2. The first-order chi connectivity index (χ1) is 8.83. The van der Waals surface area contributed by atoms with E-state index in [-0.39, 0.29) is 0 Å². The summed E-state index contributed by atoms with van der Waals surface area (Å²) >= 11 is 0. The van der Waals surface area contributed by atoms with Crippen LogP contribution in [-0.4, -0.2) is 43.1 Å². The van der Waals surface area contributed by atoms with Gasteiger partial charge in [0.25, 0.3) is 0 Å². The zero-order valence-electron chi connectivity index (χ0n) is 11.6. The van der Waals surface area contributed by atoms with Gasteiger partial charge in [0.15, 0.2) is 5.89 Å². The van der Waals surface area contributed by atoms with Gasteiger partial charge in [-0.25, -0.2) is 4.98 Å². The van der Waals surface area contributed by atoms with Gasteiger partial charge in [-0.2, -0.15) is 0 Å². The van der Waals surface area contributed by atoms with Crippen molar-refractivity contribution in [1.82, 2.24) is 15.2 Å². The lowest BCUT2D eigenvalue weighted by molar-refractivity contribution is 0.202. The highest BCUT2D eigenvalue weighted by molar-refractivity contribution is 5.03. The van der Waals surface area contributed by atoms with Crippen LogP contribution in [-0.2, 0) is 6.42 Å². The maximum Gasteiger partial charge on any atom is 0.198 e. The first-order valence-electron chi connectivity index (χ1n) is 7.14. The quantitative estimate of drug-likeness (QED) is 0.785. The number of likely N-dealkylation sites (N-methyl/N-ethyl adjacent to an activating group) is 1. The van der Waals surface area contributed by atoms with Crippen molar-refractivity contribution >= 4 is 0 Å². The maximum atomic E-state index is 5.67. The molecule has 1 unspecified atom stereocenters. The van der Waals surface area contributed by atoms with E-state index in [0.29, 0.717) is 5.92 Å². The number of likely N-dealkylation sites (tertiary alicyclic amines) is 1. The Kier molecular flexibility index (Phi) is 5.20. The number of hydrogen-bond donors (Lipinski definition) is 1. The maximum absolute atomic E-state index is 5.67. The van der Waals surface area contributed by atoms with E-state index in [2.05, 4.69) is 22.1 Å². The third-order valence-electron chi connectivity index (χ3n) is 3.73. The van der Waals surface area contributed by atoms with Gasteiger partial charge in [-0.3, -0.25) is 0 Å². The Hall–Kier alpha value is -0.870. The van der Waals surface area contributed by atoms with Crippen LogP contribution in [0.2, 0.25) is 0 Å². The lowest BCUT2D eigenvalue weighted by Gasteiger charge is -2.29. The van der Waals surface area contributed by atoms with Crippen LogP contribution in [0.4, 0.5) is 0 Å². The Labute approximate surface area is 110 Å². The average Bonchev–Trinajstić information content (AvgIpc) is 2.88. The number of rotatable bonds is 6. The second kappa shape index (κ2) is 6.90. The van der Waals surface area contributed by atoms with Crippen LogP contribution in [0.1, 0.15) is 43.7 Å². The molecule has 1 fully saturated rings. The smallest absolute Gasteiger partial charge is 0.198 e. The molecular weight excluding hydrogens is 226 g/mol. The minimum Gasteiger partial charge on any atom is -0.448 e. The second-order valence-electron chi connectivity index (χ2n) is 5.12. The van der Waals surface area contributed by atoms with E-state index in [1.165, 1.54) is 19.4 Å². The molecule has 102 valence electrons. The third kappa shape index (κ3) is 3.56. The van der Waals surface area contributed by atoms with Gasteiger partial charge in [-0.1, -0.05) is 6.92 Å². The number of oxazole rings is 1. The lowest BCUT2D eigenvalue weighted by Crippen LogP contribution is -2.34. The SMILES string of the molecule is CCN1CCCC(c2nc(CCCNC)co2)C1. The van der Waals surface area contributed by atoms with Gasteiger partial charge in [-0.15, -0.1) is 0 Å². The van der Waals surface area contributed by atoms with Gasteiger partial charge in [-0.05, 0) is 52.4 Å². The zero-order valence-corrected chi connectivity index (χ0v) is 11.6. The fourth-order valence-corrected chi connectivity index (χ4v) is 2.62. The van der Waals surface area contributed by atoms with Crippen LogP contribution in [0.5, 0.6) is 0 Å². The number of hydrogen-bond acceptors (Lipinski definition) is 4. The van der Waals surface area contributed by atoms with Crippen molar-refractivity contribution in [3.05, 3.63) is 17.8 Å². The molecule has 0 aromatic carbocycles. The summed E-state index contributed by atoms with van der Waals surface area (Å²) in [7, 11) is 1.98. The summed E-state index contributed by atoms with van der Waals surface area (Å²) in [5.41, 5.74) is 1.11. The molecule has 1 aromatic rings. The van der Waals surface area contributed by atoms with E-state index < -0.39 is 0 Å². The predicted molar refractivity (Wildman–Crippen MR) is 72.8 cm³/mol. The number of piperidine rings is 1. The molecule has 4 heteroatoms. The van der Waals surface area contributed by atoms with Crippen LogP contribution >= 0.6 is 0 Å². The molecule has 1 saturated heterocycles. The van der Waals surface area contributed by atoms with E-state index in [4.69, 9.17) is 4.42 Å². The van der Waals surface area contributed by atoms with Crippen molar-refractivity contribution < 1.29 is 4.42 Å². The van der Waals surface area contributed by atoms with Crippen LogP contribution in [0.25, 0.3) is 0 Å². The van der Waals surface area contributed by atoms with E-state index in [9.17, 15) is 0 Å². The standard InChI is InChI=1S/C14H25N3O/c1-3-17-9-5-6-12(10-17)14-16-13(11-18-14)7-4-8-15-2/h11-12,15H,3-10H2,1-2H3. The Morgan fingerprint density at radius 2 is 2.44 bits per heavy atom. The summed E-state index contributed by atoms with van der Waals surface area (Å²) in [4.78, 5) is 7.14. The molecule has 1 atom stereocenters. The van der Waals surface area contributed by atoms with Crippen molar-refractivity contribution in [3.63, 3.8) is 0 Å². The van der Waals surface area contributed by atoms with Crippen LogP contribution < -0.4 is 5.32 Å². The van der Waals surface area contributed by atoms with E-state index in [0.717, 1.165) is 44.1 Å². The summed E-state index contributed by atoms with van der Waals surface area (Å²) < 4.78 is 5.67. The van der Waals surface area contributed by atoms with Gasteiger partial charge in [0.1, 0.15) is 6.26 Å². The molecule has 0 spiro atoms. The molecule has 1 aliphatic rings. The first kappa shape index (κ1) is 13.6. The number of aryl methyl sites for hydroxylation is 1. The first-order valence-corrected chi connectivity index (χ1v) is 7.14. The molecule has 2 rings (SSSR count). The average molecular weight is 251 g/mol. The molecule has 18 heavy (non-hydrogen) atoms. The summed E-state index contributed by atoms with van der Waals surface area (Å²) in [5.74, 6) is 1.45. The largest absolute Gasteiger partial charge is 0.448 e. The van der Waals surface area contributed by atoms with Gasteiger partial charge >= 0.3 is 0 Å². The van der Waals surface area contributed by atoms with Gasteiger partial charge in [0, 0.05) is 12.5 Å². The van der Waals surface area contributed by atoms with Crippen molar-refractivity contribution in [2.45, 2.75) is 38.5 Å². The van der Waals surface area contributed by atoms with E-state index >= 15 is 0 Å². The Morgan fingerprint density at radius 1 is 1.56 bits per heavy atom. The Bertz CT molecular complexity index is 351. The van der Waals surface area contributed by atoms with Gasteiger partial charge in [0.2, 0.25) is 0 Å². The monoisotopic (exact) mass is 251 g/mol. The predicted octanol–water partition coefficient (Wildman–Crippen LogP) is 2.03. The van der Waals surface area contributed by atoms with Crippen LogP contribution in [0, 0.1) is 0 Å². The fourth-order valence-electron chi connectivity index (χ4n) is 2.62. The normalized spacial score (nSPS) is 21.3. The van der Waals surface area contributed by atoms with Crippen molar-refractivity contribution in [3.8, 4) is 0 Å². The summed E-state index contributed by atoms with van der Waals surface area (Å²) in [6.45, 7) is 6.72. The lowest BCUT2D eigenvalue weighted by atomic mass is 9.98. The molecular formula is C14H25N3O. The van der Waals surface area contributed by atoms with Gasteiger partial charge in [0.05, 0.1) is 5.69 Å². The minimum atomic E-state index is 0.497. The van der Waals surface area contributed by atoms with Crippen molar-refractivity contribution in [2.75, 3.05) is 33.2 Å². The van der Waals surface area contributed by atoms with Crippen LogP contribution in [0.3, 0.4) is 0 Å². The topological polar surface area (TPSA) is 41.3 Å². The molecule has 0 saturated carbocycles.